The van der Waals surface area contributed by atoms with Crippen molar-refractivity contribution in [2.75, 3.05) is 12.0 Å². The zero-order valence-electron chi connectivity index (χ0n) is 13.7. The Hall–Kier alpha value is -2.85. The number of hydrogen-bond donors (Lipinski definition) is 0. The van der Waals surface area contributed by atoms with Crippen molar-refractivity contribution in [2.24, 2.45) is 0 Å². The molecule has 0 aliphatic heterocycles. The smallest absolute Gasteiger partial charge is 0.258 e. The fourth-order valence-electron chi connectivity index (χ4n) is 2.48. The Labute approximate surface area is 151 Å². The molecule has 1 heterocycles. The fourth-order valence-corrected chi connectivity index (χ4v) is 2.61. The van der Waals surface area contributed by atoms with Gasteiger partial charge in [0.25, 0.3) is 5.91 Å². The standard InChI is InChI=1S/C20H17ClN2O2/c1-25-19-6-2-5-18(12-19)23(14-15-4-3-11-22-13-15)20(24)16-7-9-17(21)10-8-16/h2-13H,14H2,1H3. The van der Waals surface area contributed by atoms with Gasteiger partial charge >= 0.3 is 0 Å². The summed E-state index contributed by atoms with van der Waals surface area (Å²) in [7, 11) is 1.60. The maximum Gasteiger partial charge on any atom is 0.258 e. The lowest BCUT2D eigenvalue weighted by molar-refractivity contribution is 0.0985. The van der Waals surface area contributed by atoms with E-state index in [0.717, 1.165) is 11.3 Å². The highest BCUT2D eigenvalue weighted by atomic mass is 35.5. The summed E-state index contributed by atoms with van der Waals surface area (Å²) >= 11 is 5.93. The lowest BCUT2D eigenvalue weighted by Gasteiger charge is -2.23. The summed E-state index contributed by atoms with van der Waals surface area (Å²) in [4.78, 5) is 18.9. The van der Waals surface area contributed by atoms with Gasteiger partial charge in [0.05, 0.1) is 13.7 Å². The van der Waals surface area contributed by atoms with Gasteiger partial charge in [-0.3, -0.25) is 9.78 Å². The van der Waals surface area contributed by atoms with E-state index in [2.05, 4.69) is 4.98 Å². The van der Waals surface area contributed by atoms with Crippen LogP contribution in [0.4, 0.5) is 5.69 Å². The van der Waals surface area contributed by atoms with Gasteiger partial charge in [-0.15, -0.1) is 0 Å². The number of amides is 1. The first-order valence-electron chi connectivity index (χ1n) is 7.78. The predicted octanol–water partition coefficient (Wildman–Crippen LogP) is 4.59. The van der Waals surface area contributed by atoms with Crippen LogP contribution in [0.25, 0.3) is 0 Å². The highest BCUT2D eigenvalue weighted by Gasteiger charge is 2.19. The number of aromatic nitrogens is 1. The molecule has 0 spiro atoms. The van der Waals surface area contributed by atoms with E-state index in [4.69, 9.17) is 16.3 Å². The minimum absolute atomic E-state index is 0.117. The van der Waals surface area contributed by atoms with Crippen molar-refractivity contribution in [2.45, 2.75) is 6.54 Å². The summed E-state index contributed by atoms with van der Waals surface area (Å²) in [5, 5.41) is 0.594. The molecule has 0 bridgehead atoms. The normalized spacial score (nSPS) is 10.3. The highest BCUT2D eigenvalue weighted by Crippen LogP contribution is 2.25. The van der Waals surface area contributed by atoms with E-state index in [1.807, 2.05) is 36.4 Å². The Morgan fingerprint density at radius 2 is 1.92 bits per heavy atom. The van der Waals surface area contributed by atoms with Crippen molar-refractivity contribution in [3.63, 3.8) is 0 Å². The van der Waals surface area contributed by atoms with Gasteiger partial charge < -0.3 is 9.64 Å². The second kappa shape index (κ2) is 7.81. The molecule has 2 aromatic carbocycles. The molecule has 1 aromatic heterocycles. The van der Waals surface area contributed by atoms with Crippen LogP contribution in [0.3, 0.4) is 0 Å². The van der Waals surface area contributed by atoms with Crippen LogP contribution < -0.4 is 9.64 Å². The minimum atomic E-state index is -0.117. The van der Waals surface area contributed by atoms with Crippen LogP contribution in [-0.2, 0) is 6.54 Å². The number of benzene rings is 2. The molecule has 0 atom stereocenters. The number of methoxy groups -OCH3 is 1. The van der Waals surface area contributed by atoms with Gasteiger partial charge in [-0.05, 0) is 48.0 Å². The molecular weight excluding hydrogens is 336 g/mol. The molecule has 3 rings (SSSR count). The third-order valence-corrected chi connectivity index (χ3v) is 4.02. The first-order chi connectivity index (χ1) is 12.2. The molecule has 0 fully saturated rings. The number of hydrogen-bond acceptors (Lipinski definition) is 3. The van der Waals surface area contributed by atoms with Gasteiger partial charge in [-0.1, -0.05) is 23.7 Å². The molecular formula is C20H17ClN2O2. The zero-order chi connectivity index (χ0) is 17.6. The lowest BCUT2D eigenvalue weighted by atomic mass is 10.1. The molecule has 5 heteroatoms. The molecule has 0 aliphatic rings. The Morgan fingerprint density at radius 1 is 1.12 bits per heavy atom. The van der Waals surface area contributed by atoms with Crippen molar-refractivity contribution in [1.29, 1.82) is 0 Å². The molecule has 126 valence electrons. The molecule has 25 heavy (non-hydrogen) atoms. The molecule has 3 aromatic rings. The van der Waals surface area contributed by atoms with E-state index < -0.39 is 0 Å². The van der Waals surface area contributed by atoms with E-state index in [9.17, 15) is 4.79 Å². The summed E-state index contributed by atoms with van der Waals surface area (Å²) < 4.78 is 5.29. The van der Waals surface area contributed by atoms with Crippen molar-refractivity contribution in [1.82, 2.24) is 4.98 Å². The first-order valence-corrected chi connectivity index (χ1v) is 8.15. The van der Waals surface area contributed by atoms with Gasteiger partial charge in [0, 0.05) is 34.7 Å². The van der Waals surface area contributed by atoms with Crippen LogP contribution in [0.2, 0.25) is 5.02 Å². The Bertz CT molecular complexity index is 851. The SMILES string of the molecule is COc1cccc(N(Cc2cccnc2)C(=O)c2ccc(Cl)cc2)c1. The van der Waals surface area contributed by atoms with Crippen LogP contribution in [0, 0.1) is 0 Å². The van der Waals surface area contributed by atoms with Crippen LogP contribution in [0.5, 0.6) is 5.75 Å². The maximum atomic E-state index is 13.1. The monoisotopic (exact) mass is 352 g/mol. The quantitative estimate of drug-likeness (QED) is 0.674. The van der Waals surface area contributed by atoms with Gasteiger partial charge in [-0.2, -0.15) is 0 Å². The van der Waals surface area contributed by atoms with E-state index in [1.165, 1.54) is 0 Å². The van der Waals surface area contributed by atoms with Crippen LogP contribution in [-0.4, -0.2) is 18.0 Å². The summed E-state index contributed by atoms with van der Waals surface area (Å²) in [6, 6.07) is 18.1. The summed E-state index contributed by atoms with van der Waals surface area (Å²) in [5.74, 6) is 0.575. The number of carbonyl (C=O) groups is 1. The zero-order valence-corrected chi connectivity index (χ0v) is 14.5. The second-order valence-electron chi connectivity index (χ2n) is 5.46. The average Bonchev–Trinajstić information content (AvgIpc) is 2.67. The van der Waals surface area contributed by atoms with Gasteiger partial charge in [0.2, 0.25) is 0 Å². The third-order valence-electron chi connectivity index (χ3n) is 3.76. The molecule has 0 saturated heterocycles. The number of anilines is 1. The third kappa shape index (κ3) is 4.17. The van der Waals surface area contributed by atoms with Crippen LogP contribution in [0.15, 0.2) is 73.1 Å². The van der Waals surface area contributed by atoms with E-state index in [-0.39, 0.29) is 5.91 Å². The molecule has 0 aliphatic carbocycles. The summed E-state index contributed by atoms with van der Waals surface area (Å²) in [6.07, 6.45) is 3.46. The Morgan fingerprint density at radius 3 is 2.60 bits per heavy atom. The topological polar surface area (TPSA) is 42.4 Å². The number of carbonyl (C=O) groups excluding carboxylic acids is 1. The highest BCUT2D eigenvalue weighted by molar-refractivity contribution is 6.30. The fraction of sp³-hybridized carbons (Fsp3) is 0.100. The number of halogens is 1. The molecule has 0 N–H and O–H groups in total. The predicted molar refractivity (Wildman–Crippen MR) is 99.2 cm³/mol. The molecule has 0 saturated carbocycles. The number of nitrogens with zero attached hydrogens (tertiary/aromatic N) is 2. The summed E-state index contributed by atoms with van der Waals surface area (Å²) in [6.45, 7) is 0.405. The molecule has 1 amide bonds. The average molecular weight is 353 g/mol. The molecule has 4 nitrogen and oxygen atoms in total. The Kier molecular flexibility index (Phi) is 5.31. The largest absolute Gasteiger partial charge is 0.497 e. The van der Waals surface area contributed by atoms with Gasteiger partial charge in [0.15, 0.2) is 0 Å². The summed E-state index contributed by atoms with van der Waals surface area (Å²) in [5.41, 5.74) is 2.26. The second-order valence-corrected chi connectivity index (χ2v) is 5.90. The number of ether oxygens (including phenoxy) is 1. The lowest BCUT2D eigenvalue weighted by Crippen LogP contribution is -2.30. The van der Waals surface area contributed by atoms with Crippen LogP contribution >= 0.6 is 11.6 Å². The van der Waals surface area contributed by atoms with Crippen molar-refractivity contribution < 1.29 is 9.53 Å². The number of pyridine rings is 1. The van der Waals surface area contributed by atoms with Crippen molar-refractivity contribution in [3.05, 3.63) is 89.2 Å². The van der Waals surface area contributed by atoms with Gasteiger partial charge in [0.1, 0.15) is 5.75 Å². The van der Waals surface area contributed by atoms with E-state index >= 15 is 0 Å². The van der Waals surface area contributed by atoms with E-state index in [0.29, 0.717) is 22.9 Å². The molecule has 0 radical (unpaired) electrons. The van der Waals surface area contributed by atoms with Crippen molar-refractivity contribution >= 4 is 23.2 Å². The molecule has 0 unspecified atom stereocenters. The van der Waals surface area contributed by atoms with E-state index in [1.54, 1.807) is 48.7 Å². The maximum absolute atomic E-state index is 13.1. The Balaban J connectivity index is 1.98. The van der Waals surface area contributed by atoms with Crippen molar-refractivity contribution in [3.8, 4) is 5.75 Å². The number of rotatable bonds is 5. The van der Waals surface area contributed by atoms with Crippen LogP contribution in [0.1, 0.15) is 15.9 Å². The minimum Gasteiger partial charge on any atom is -0.497 e. The first kappa shape index (κ1) is 17.0. The van der Waals surface area contributed by atoms with Gasteiger partial charge in [-0.25, -0.2) is 0 Å².